The Morgan fingerprint density at radius 3 is 2.63 bits per heavy atom. The minimum Gasteiger partial charge on any atom is -0.457 e. The third-order valence-corrected chi connectivity index (χ3v) is 6.50. The van der Waals surface area contributed by atoms with Crippen molar-refractivity contribution in [1.29, 1.82) is 0 Å². The number of nitrogens with one attached hydrogen (secondary N) is 1. The Morgan fingerprint density at radius 2 is 1.91 bits per heavy atom. The Morgan fingerprint density at radius 1 is 1.14 bits per heavy atom. The summed E-state index contributed by atoms with van der Waals surface area (Å²) in [6.45, 7) is 1.32. The fourth-order valence-corrected chi connectivity index (χ4v) is 4.79. The smallest absolute Gasteiger partial charge is 0.416 e. The normalized spacial score (nSPS) is 15.2. The molecule has 3 aromatic rings. The molecular weight excluding hydrogens is 549 g/mol. The monoisotopic (exact) mass is 564 g/mol. The van der Waals surface area contributed by atoms with Gasteiger partial charge in [-0.25, -0.2) is 0 Å². The van der Waals surface area contributed by atoms with Crippen LogP contribution in [-0.4, -0.2) is 28.5 Å². The van der Waals surface area contributed by atoms with Crippen LogP contribution in [0, 0.1) is 6.92 Å². The van der Waals surface area contributed by atoms with E-state index in [0.29, 0.717) is 23.3 Å². The predicted molar refractivity (Wildman–Crippen MR) is 129 cm³/mol. The van der Waals surface area contributed by atoms with Gasteiger partial charge < -0.3 is 9.73 Å². The second-order valence-electron chi connectivity index (χ2n) is 7.58. The highest BCUT2D eigenvalue weighted by Crippen LogP contribution is 2.35. The van der Waals surface area contributed by atoms with Gasteiger partial charge in [0, 0.05) is 21.8 Å². The summed E-state index contributed by atoms with van der Waals surface area (Å²) < 4.78 is 45.2. The lowest BCUT2D eigenvalue weighted by atomic mass is 10.1. The molecule has 0 unspecified atom stereocenters. The first kappa shape index (κ1) is 24.8. The summed E-state index contributed by atoms with van der Waals surface area (Å²) in [5.74, 6) is -0.611. The maximum atomic E-state index is 12.9. The van der Waals surface area contributed by atoms with Crippen LogP contribution in [0.5, 0.6) is 0 Å². The Hall–Kier alpha value is -3.31. The number of carbonyl (C=O) groups excluding carboxylic acids is 3. The summed E-state index contributed by atoms with van der Waals surface area (Å²) in [5.41, 5.74) is 0.852. The van der Waals surface area contributed by atoms with Crippen LogP contribution in [0.1, 0.15) is 16.9 Å². The van der Waals surface area contributed by atoms with E-state index >= 15 is 0 Å². The van der Waals surface area contributed by atoms with Gasteiger partial charge in [-0.2, -0.15) is 13.2 Å². The molecule has 1 N–H and O–H groups in total. The summed E-state index contributed by atoms with van der Waals surface area (Å²) in [4.78, 5) is 38.1. The quantitative estimate of drug-likeness (QED) is 0.348. The van der Waals surface area contributed by atoms with Crippen molar-refractivity contribution in [2.45, 2.75) is 13.1 Å². The molecule has 11 heteroatoms. The van der Waals surface area contributed by atoms with E-state index in [9.17, 15) is 27.6 Å². The number of hydrogen-bond acceptors (Lipinski definition) is 5. The van der Waals surface area contributed by atoms with E-state index in [-0.39, 0.29) is 10.6 Å². The molecule has 1 fully saturated rings. The molecule has 0 bridgehead atoms. The fourth-order valence-electron chi connectivity index (χ4n) is 3.28. The van der Waals surface area contributed by atoms with E-state index in [1.54, 1.807) is 12.1 Å². The maximum absolute atomic E-state index is 12.9. The Labute approximate surface area is 210 Å². The molecule has 0 aliphatic carbocycles. The van der Waals surface area contributed by atoms with Crippen molar-refractivity contribution in [3.63, 3.8) is 0 Å². The average molecular weight is 565 g/mol. The second-order valence-corrected chi connectivity index (χ2v) is 9.43. The van der Waals surface area contributed by atoms with Crippen LogP contribution in [0.15, 0.2) is 68.4 Å². The van der Waals surface area contributed by atoms with Gasteiger partial charge in [-0.05, 0) is 66.7 Å². The molecule has 2 heterocycles. The molecule has 1 saturated heterocycles. The largest absolute Gasteiger partial charge is 0.457 e. The number of hydrogen-bond donors (Lipinski definition) is 1. The molecule has 180 valence electrons. The number of amides is 3. The molecule has 0 radical (unpaired) electrons. The van der Waals surface area contributed by atoms with Crippen molar-refractivity contribution < 1.29 is 32.0 Å². The van der Waals surface area contributed by atoms with Crippen LogP contribution in [0.4, 0.5) is 23.7 Å². The summed E-state index contributed by atoms with van der Waals surface area (Å²) in [5, 5.41) is 1.61. The molecule has 6 nitrogen and oxygen atoms in total. The zero-order valence-electron chi connectivity index (χ0n) is 18.0. The fraction of sp³-hybridized carbons (Fsp3) is 0.125. The highest BCUT2D eigenvalue weighted by molar-refractivity contribution is 9.10. The number of alkyl halides is 3. The van der Waals surface area contributed by atoms with E-state index in [0.717, 1.165) is 38.7 Å². The van der Waals surface area contributed by atoms with Crippen LogP contribution in [0.3, 0.4) is 0 Å². The number of rotatable bonds is 5. The molecule has 0 spiro atoms. The summed E-state index contributed by atoms with van der Waals surface area (Å²) in [7, 11) is 0. The number of thioether (sulfide) groups is 1. The molecular formula is C24H16BrF3N2O4S. The van der Waals surface area contributed by atoms with Crippen molar-refractivity contribution in [1.82, 2.24) is 4.90 Å². The standard InChI is InChI=1S/C24H16BrF3N2O4S/c1-13-5-7-17(18(25)9-13)19-8-6-16(34-19)11-20-22(32)30(23(33)35-20)12-21(31)29-15-4-2-3-14(10-15)24(26,27)28/h2-11H,12H2,1H3,(H,29,31)/b20-11-. The zero-order valence-corrected chi connectivity index (χ0v) is 20.4. The van der Waals surface area contributed by atoms with Gasteiger partial charge in [0.15, 0.2) is 0 Å². The first-order valence-corrected chi connectivity index (χ1v) is 11.7. The molecule has 1 aromatic heterocycles. The van der Waals surface area contributed by atoms with Gasteiger partial charge in [-0.3, -0.25) is 19.3 Å². The van der Waals surface area contributed by atoms with Gasteiger partial charge in [0.05, 0.1) is 10.5 Å². The highest BCUT2D eigenvalue weighted by atomic mass is 79.9. The van der Waals surface area contributed by atoms with Crippen molar-refractivity contribution in [3.8, 4) is 11.3 Å². The Balaban J connectivity index is 1.45. The topological polar surface area (TPSA) is 79.6 Å². The lowest BCUT2D eigenvalue weighted by molar-refractivity contribution is -0.137. The molecule has 0 atom stereocenters. The third-order valence-electron chi connectivity index (χ3n) is 4.94. The minimum atomic E-state index is -4.57. The highest BCUT2D eigenvalue weighted by Gasteiger charge is 2.37. The number of benzene rings is 2. The zero-order chi connectivity index (χ0) is 25.3. The maximum Gasteiger partial charge on any atom is 0.416 e. The van der Waals surface area contributed by atoms with Crippen LogP contribution >= 0.6 is 27.7 Å². The number of carbonyl (C=O) groups is 3. The molecule has 4 rings (SSSR count). The molecule has 2 aromatic carbocycles. The van der Waals surface area contributed by atoms with Crippen LogP contribution in [-0.2, 0) is 15.8 Å². The van der Waals surface area contributed by atoms with Crippen LogP contribution < -0.4 is 5.32 Å². The van der Waals surface area contributed by atoms with Crippen LogP contribution in [0.25, 0.3) is 17.4 Å². The molecule has 1 aliphatic heterocycles. The SMILES string of the molecule is Cc1ccc(-c2ccc(/C=C3\SC(=O)N(CC(=O)Nc4cccc(C(F)(F)F)c4)C3=O)o2)c(Br)c1. The molecule has 3 amide bonds. The van der Waals surface area contributed by atoms with E-state index in [4.69, 9.17) is 4.42 Å². The van der Waals surface area contributed by atoms with Gasteiger partial charge in [0.25, 0.3) is 11.1 Å². The molecule has 1 aliphatic rings. The Kier molecular flexibility index (Phi) is 6.91. The number of anilines is 1. The first-order valence-electron chi connectivity index (χ1n) is 10.1. The van der Waals surface area contributed by atoms with Crippen molar-refractivity contribution in [3.05, 3.63) is 80.9 Å². The van der Waals surface area contributed by atoms with E-state index in [1.807, 2.05) is 25.1 Å². The van der Waals surface area contributed by atoms with Gasteiger partial charge in [0.1, 0.15) is 18.1 Å². The van der Waals surface area contributed by atoms with Gasteiger partial charge >= 0.3 is 6.18 Å². The van der Waals surface area contributed by atoms with Crippen molar-refractivity contribution >= 4 is 56.5 Å². The average Bonchev–Trinajstić information content (AvgIpc) is 3.33. The van der Waals surface area contributed by atoms with Crippen LogP contribution in [0.2, 0.25) is 0 Å². The number of aryl methyl sites for hydroxylation is 1. The number of furan rings is 1. The van der Waals surface area contributed by atoms with Gasteiger partial charge in [-0.1, -0.05) is 28.1 Å². The third kappa shape index (κ3) is 5.68. The second kappa shape index (κ2) is 9.74. The first-order chi connectivity index (χ1) is 16.5. The van der Waals surface area contributed by atoms with E-state index < -0.39 is 35.3 Å². The number of halogens is 4. The Bertz CT molecular complexity index is 1370. The number of imide groups is 1. The van der Waals surface area contributed by atoms with Gasteiger partial charge in [-0.15, -0.1) is 0 Å². The summed E-state index contributed by atoms with van der Waals surface area (Å²) in [6.07, 6.45) is -3.17. The summed E-state index contributed by atoms with van der Waals surface area (Å²) >= 11 is 4.13. The lowest BCUT2D eigenvalue weighted by Crippen LogP contribution is -2.36. The van der Waals surface area contributed by atoms with Crippen molar-refractivity contribution in [2.24, 2.45) is 0 Å². The number of nitrogens with zero attached hydrogens (tertiary/aromatic N) is 1. The van der Waals surface area contributed by atoms with Gasteiger partial charge in [0.2, 0.25) is 5.91 Å². The molecule has 35 heavy (non-hydrogen) atoms. The predicted octanol–water partition coefficient (Wildman–Crippen LogP) is 6.71. The van der Waals surface area contributed by atoms with E-state index in [2.05, 4.69) is 21.2 Å². The minimum absolute atomic E-state index is 0.0609. The molecule has 0 saturated carbocycles. The lowest BCUT2D eigenvalue weighted by Gasteiger charge is -2.13. The summed E-state index contributed by atoms with van der Waals surface area (Å²) in [6, 6.07) is 13.2. The van der Waals surface area contributed by atoms with E-state index in [1.165, 1.54) is 12.1 Å². The van der Waals surface area contributed by atoms with Crippen molar-refractivity contribution in [2.75, 3.05) is 11.9 Å².